The summed E-state index contributed by atoms with van der Waals surface area (Å²) in [6.45, 7) is 1.80. The Balaban J connectivity index is 1.68. The molecule has 0 bridgehead atoms. The number of furan rings is 1. The number of carbonyl (C=O) groups is 1. The maximum absolute atomic E-state index is 12.9. The van der Waals surface area contributed by atoms with E-state index in [0.29, 0.717) is 39.6 Å². The van der Waals surface area contributed by atoms with E-state index in [0.717, 1.165) is 6.26 Å². The molecule has 2 aromatic heterocycles. The Bertz CT molecular complexity index is 1350. The van der Waals surface area contributed by atoms with Gasteiger partial charge < -0.3 is 14.5 Å². The predicted molar refractivity (Wildman–Crippen MR) is 112 cm³/mol. The van der Waals surface area contributed by atoms with E-state index in [1.165, 1.54) is 12.1 Å². The van der Waals surface area contributed by atoms with Crippen LogP contribution >= 0.6 is 0 Å². The van der Waals surface area contributed by atoms with Gasteiger partial charge in [-0.15, -0.1) is 0 Å². The first kappa shape index (κ1) is 19.7. The molecule has 1 amide bonds. The van der Waals surface area contributed by atoms with Crippen LogP contribution in [0.5, 0.6) is 11.5 Å². The molecule has 0 saturated heterocycles. The molecule has 8 nitrogen and oxygen atoms in total. The fraction of sp³-hybridized carbons (Fsp3) is 0.143. The largest absolute Gasteiger partial charge is 0.461 e. The Morgan fingerprint density at radius 2 is 1.83 bits per heavy atom. The number of hydrogen-bond donors (Lipinski definition) is 1. The standard InChI is InChI=1S/C21H19N3O5S/c1-13-10-14-11-16(29-15-4-6-17(7-5-15)30(3,26)27)12-18(20(14)28-13)21(25)22-19-8-9-24(2)23-19/h4-12H,1-3H3,(H,22,23,25). The zero-order chi connectivity index (χ0) is 21.5. The zero-order valence-corrected chi connectivity index (χ0v) is 17.4. The fourth-order valence-electron chi connectivity index (χ4n) is 3.04. The molecule has 0 unspecified atom stereocenters. The van der Waals surface area contributed by atoms with Gasteiger partial charge in [0.2, 0.25) is 0 Å². The first-order valence-electron chi connectivity index (χ1n) is 9.02. The highest BCUT2D eigenvalue weighted by molar-refractivity contribution is 7.90. The fourth-order valence-corrected chi connectivity index (χ4v) is 3.67. The molecule has 0 atom stereocenters. The molecule has 0 fully saturated rings. The van der Waals surface area contributed by atoms with Gasteiger partial charge in [-0.1, -0.05) is 0 Å². The van der Waals surface area contributed by atoms with E-state index in [9.17, 15) is 13.2 Å². The summed E-state index contributed by atoms with van der Waals surface area (Å²) >= 11 is 0. The highest BCUT2D eigenvalue weighted by Crippen LogP contribution is 2.31. The van der Waals surface area contributed by atoms with Crippen molar-refractivity contribution in [1.82, 2.24) is 9.78 Å². The second-order valence-corrected chi connectivity index (χ2v) is 8.94. The third kappa shape index (κ3) is 4.06. The van der Waals surface area contributed by atoms with Crippen molar-refractivity contribution in [2.75, 3.05) is 11.6 Å². The second kappa shape index (κ2) is 7.34. The predicted octanol–water partition coefficient (Wildman–Crippen LogP) is 3.92. The average Bonchev–Trinajstić information content (AvgIpc) is 3.25. The number of nitrogens with one attached hydrogen (secondary N) is 1. The molecule has 0 saturated carbocycles. The molecule has 1 N–H and O–H groups in total. The van der Waals surface area contributed by atoms with Gasteiger partial charge in [0, 0.05) is 31.0 Å². The topological polar surface area (TPSA) is 103 Å². The summed E-state index contributed by atoms with van der Waals surface area (Å²) in [5.74, 6) is 1.55. The van der Waals surface area contributed by atoms with E-state index in [2.05, 4.69) is 10.4 Å². The van der Waals surface area contributed by atoms with Crippen LogP contribution in [0.4, 0.5) is 5.82 Å². The molecule has 0 aliphatic heterocycles. The van der Waals surface area contributed by atoms with Crippen LogP contribution in [-0.4, -0.2) is 30.4 Å². The number of nitrogens with zero attached hydrogens (tertiary/aromatic N) is 2. The van der Waals surface area contributed by atoms with Crippen LogP contribution in [0.3, 0.4) is 0 Å². The zero-order valence-electron chi connectivity index (χ0n) is 16.5. The molecule has 0 spiro atoms. The lowest BCUT2D eigenvalue weighted by molar-refractivity contribution is 0.102. The Morgan fingerprint density at radius 3 is 2.47 bits per heavy atom. The highest BCUT2D eigenvalue weighted by atomic mass is 32.2. The minimum absolute atomic E-state index is 0.200. The number of sulfone groups is 1. The number of hydrogen-bond acceptors (Lipinski definition) is 6. The first-order valence-corrected chi connectivity index (χ1v) is 10.9. The normalized spacial score (nSPS) is 11.6. The molecule has 4 aromatic rings. The molecule has 0 aliphatic carbocycles. The lowest BCUT2D eigenvalue weighted by atomic mass is 10.1. The number of fused-ring (bicyclic) bond motifs is 1. The van der Waals surface area contributed by atoms with Gasteiger partial charge in [0.25, 0.3) is 5.91 Å². The van der Waals surface area contributed by atoms with E-state index in [-0.39, 0.29) is 10.8 Å². The number of amides is 1. The highest BCUT2D eigenvalue weighted by Gasteiger charge is 2.18. The van der Waals surface area contributed by atoms with Crippen LogP contribution < -0.4 is 10.1 Å². The van der Waals surface area contributed by atoms with E-state index >= 15 is 0 Å². The number of ether oxygens (including phenoxy) is 1. The first-order chi connectivity index (χ1) is 14.2. The molecule has 0 radical (unpaired) electrons. The molecule has 30 heavy (non-hydrogen) atoms. The van der Waals surface area contributed by atoms with Crippen LogP contribution in [0.1, 0.15) is 16.1 Å². The molecular weight excluding hydrogens is 406 g/mol. The minimum Gasteiger partial charge on any atom is -0.461 e. The van der Waals surface area contributed by atoms with Crippen molar-refractivity contribution in [3.05, 3.63) is 66.1 Å². The summed E-state index contributed by atoms with van der Waals surface area (Å²) in [4.78, 5) is 13.1. The number of aromatic nitrogens is 2. The van der Waals surface area contributed by atoms with Crippen molar-refractivity contribution >= 4 is 32.5 Å². The van der Waals surface area contributed by atoms with Gasteiger partial charge in [-0.2, -0.15) is 5.10 Å². The molecular formula is C21H19N3O5S. The maximum atomic E-state index is 12.9. The van der Waals surface area contributed by atoms with Crippen LogP contribution in [0.15, 0.2) is 64.0 Å². The van der Waals surface area contributed by atoms with Gasteiger partial charge in [0.15, 0.2) is 15.7 Å². The van der Waals surface area contributed by atoms with Gasteiger partial charge in [-0.3, -0.25) is 9.48 Å². The smallest absolute Gasteiger partial charge is 0.260 e. The van der Waals surface area contributed by atoms with Gasteiger partial charge in [-0.25, -0.2) is 8.42 Å². The van der Waals surface area contributed by atoms with Gasteiger partial charge >= 0.3 is 0 Å². The van der Waals surface area contributed by atoms with Crippen LogP contribution in [0.25, 0.3) is 11.0 Å². The van der Waals surface area contributed by atoms with Crippen molar-refractivity contribution in [3.63, 3.8) is 0 Å². The molecule has 0 aliphatic rings. The lowest BCUT2D eigenvalue weighted by Gasteiger charge is -2.09. The number of rotatable bonds is 5. The second-order valence-electron chi connectivity index (χ2n) is 6.92. The number of anilines is 1. The van der Waals surface area contributed by atoms with Crippen LogP contribution in [0.2, 0.25) is 0 Å². The van der Waals surface area contributed by atoms with Crippen molar-refractivity contribution in [2.24, 2.45) is 7.05 Å². The number of carbonyl (C=O) groups excluding carboxylic acids is 1. The van der Waals surface area contributed by atoms with Crippen LogP contribution in [0, 0.1) is 6.92 Å². The van der Waals surface area contributed by atoms with Crippen molar-refractivity contribution in [3.8, 4) is 11.5 Å². The molecule has 9 heteroatoms. The summed E-state index contributed by atoms with van der Waals surface area (Å²) in [5, 5.41) is 7.61. The van der Waals surface area contributed by atoms with E-state index in [4.69, 9.17) is 9.15 Å². The molecule has 2 heterocycles. The summed E-state index contributed by atoms with van der Waals surface area (Å²) in [7, 11) is -1.54. The monoisotopic (exact) mass is 425 g/mol. The quantitative estimate of drug-likeness (QED) is 0.520. The van der Waals surface area contributed by atoms with Gasteiger partial charge in [0.1, 0.15) is 22.8 Å². The van der Waals surface area contributed by atoms with Gasteiger partial charge in [0.05, 0.1) is 10.5 Å². The number of benzene rings is 2. The van der Waals surface area contributed by atoms with E-state index in [1.54, 1.807) is 55.2 Å². The Kier molecular flexibility index (Phi) is 4.83. The van der Waals surface area contributed by atoms with Gasteiger partial charge in [-0.05, 0) is 49.4 Å². The molecule has 4 rings (SSSR count). The van der Waals surface area contributed by atoms with E-state index in [1.807, 2.05) is 6.07 Å². The van der Waals surface area contributed by atoms with Crippen molar-refractivity contribution in [2.45, 2.75) is 11.8 Å². The summed E-state index contributed by atoms with van der Waals surface area (Å²) in [5.41, 5.74) is 0.745. The Hall–Kier alpha value is -3.59. The average molecular weight is 425 g/mol. The number of aryl methyl sites for hydroxylation is 2. The summed E-state index contributed by atoms with van der Waals surface area (Å²) < 4.78 is 36.4. The summed E-state index contributed by atoms with van der Waals surface area (Å²) in [6, 6.07) is 12.9. The molecule has 2 aromatic carbocycles. The van der Waals surface area contributed by atoms with Crippen LogP contribution in [-0.2, 0) is 16.9 Å². The Morgan fingerprint density at radius 1 is 1.10 bits per heavy atom. The summed E-state index contributed by atoms with van der Waals surface area (Å²) in [6.07, 6.45) is 2.87. The third-order valence-electron chi connectivity index (χ3n) is 4.40. The van der Waals surface area contributed by atoms with Crippen molar-refractivity contribution < 1.29 is 22.4 Å². The maximum Gasteiger partial charge on any atom is 0.260 e. The van der Waals surface area contributed by atoms with Crippen molar-refractivity contribution in [1.29, 1.82) is 0 Å². The lowest BCUT2D eigenvalue weighted by Crippen LogP contribution is -2.13. The molecule has 154 valence electrons. The Labute approximate surface area is 173 Å². The minimum atomic E-state index is -3.29. The SMILES string of the molecule is Cc1cc2cc(Oc3ccc(S(C)(=O)=O)cc3)cc(C(=O)Nc3ccn(C)n3)c2o1. The van der Waals surface area contributed by atoms with E-state index < -0.39 is 9.84 Å². The third-order valence-corrected chi connectivity index (χ3v) is 5.53.